The summed E-state index contributed by atoms with van der Waals surface area (Å²) < 4.78 is 6.23. The average Bonchev–Trinajstić information content (AvgIpc) is 3.25. The van der Waals surface area contributed by atoms with Crippen molar-refractivity contribution in [3.8, 4) is 5.69 Å². The van der Waals surface area contributed by atoms with Crippen molar-refractivity contribution in [2.24, 2.45) is 0 Å². The second-order valence-electron chi connectivity index (χ2n) is 6.75. The van der Waals surface area contributed by atoms with Crippen LogP contribution in [-0.2, 0) is 0 Å². The lowest BCUT2D eigenvalue weighted by Crippen LogP contribution is -1.93. The zero-order valence-electron chi connectivity index (χ0n) is 14.3. The fourth-order valence-electron chi connectivity index (χ4n) is 4.13. The molecule has 0 fully saturated rings. The third kappa shape index (κ3) is 2.10. The predicted molar refractivity (Wildman–Crippen MR) is 121 cm³/mol. The Bertz CT molecular complexity index is 1470. The Hall–Kier alpha value is -2.62. The third-order valence-electron chi connectivity index (χ3n) is 5.25. The van der Waals surface area contributed by atoms with Gasteiger partial charge >= 0.3 is 0 Å². The largest absolute Gasteiger partial charge is 0.308 e. The number of nitrogens with zero attached hydrogens (tertiary/aromatic N) is 1. The lowest BCUT2D eigenvalue weighted by molar-refractivity contribution is 1.19. The SMILES string of the molecule is Brc1cc2c3ccccc3sc2c2c1c1ccccc1n2-c1ccccc1. The Morgan fingerprint density at radius 2 is 1.41 bits per heavy atom. The lowest BCUT2D eigenvalue weighted by Gasteiger charge is -2.08. The summed E-state index contributed by atoms with van der Waals surface area (Å²) >= 11 is 5.77. The average molecular weight is 428 g/mol. The number of aromatic nitrogens is 1. The van der Waals surface area contributed by atoms with Gasteiger partial charge in [0.2, 0.25) is 0 Å². The molecule has 0 amide bonds. The molecule has 0 radical (unpaired) electrons. The molecular formula is C24H14BrNS. The number of benzene rings is 4. The molecule has 0 N–H and O–H groups in total. The number of hydrogen-bond acceptors (Lipinski definition) is 1. The van der Waals surface area contributed by atoms with Gasteiger partial charge in [-0.2, -0.15) is 0 Å². The summed E-state index contributed by atoms with van der Waals surface area (Å²) in [5, 5.41) is 5.20. The molecule has 0 aliphatic carbocycles. The predicted octanol–water partition coefficient (Wildman–Crippen LogP) is 7.91. The summed E-state index contributed by atoms with van der Waals surface area (Å²) in [7, 11) is 0. The molecule has 128 valence electrons. The van der Waals surface area contributed by atoms with Gasteiger partial charge in [-0.15, -0.1) is 11.3 Å². The van der Waals surface area contributed by atoms with Crippen molar-refractivity contribution in [1.82, 2.24) is 4.57 Å². The van der Waals surface area contributed by atoms with Crippen molar-refractivity contribution in [2.75, 3.05) is 0 Å². The van der Waals surface area contributed by atoms with Crippen molar-refractivity contribution < 1.29 is 0 Å². The van der Waals surface area contributed by atoms with Crippen molar-refractivity contribution >= 4 is 69.2 Å². The maximum absolute atomic E-state index is 3.89. The fraction of sp³-hybridized carbons (Fsp3) is 0. The van der Waals surface area contributed by atoms with Gasteiger partial charge in [-0.05, 0) is 30.3 Å². The minimum absolute atomic E-state index is 1.15. The maximum atomic E-state index is 3.89. The molecule has 1 nitrogen and oxygen atoms in total. The normalized spacial score (nSPS) is 11.9. The smallest absolute Gasteiger partial charge is 0.0731 e. The highest BCUT2D eigenvalue weighted by molar-refractivity contribution is 9.10. The van der Waals surface area contributed by atoms with Crippen molar-refractivity contribution in [3.05, 3.63) is 89.4 Å². The number of hydrogen-bond donors (Lipinski definition) is 0. The zero-order chi connectivity index (χ0) is 18.0. The first-order valence-corrected chi connectivity index (χ1v) is 10.5. The minimum atomic E-state index is 1.15. The van der Waals surface area contributed by atoms with Gasteiger partial charge in [0.15, 0.2) is 0 Å². The van der Waals surface area contributed by atoms with E-state index in [4.69, 9.17) is 0 Å². The molecule has 0 saturated carbocycles. The Labute approximate surface area is 168 Å². The molecule has 0 atom stereocenters. The molecule has 0 unspecified atom stereocenters. The van der Waals surface area contributed by atoms with Crippen LogP contribution in [0.15, 0.2) is 89.4 Å². The van der Waals surface area contributed by atoms with Crippen LogP contribution >= 0.6 is 27.3 Å². The van der Waals surface area contributed by atoms with Crippen LogP contribution in [0.1, 0.15) is 0 Å². The molecule has 0 saturated heterocycles. The molecule has 0 aliphatic heterocycles. The van der Waals surface area contributed by atoms with Crippen LogP contribution in [0.4, 0.5) is 0 Å². The van der Waals surface area contributed by atoms with E-state index in [1.165, 1.54) is 47.7 Å². The molecule has 0 spiro atoms. The van der Waals surface area contributed by atoms with E-state index in [9.17, 15) is 0 Å². The Morgan fingerprint density at radius 3 is 2.26 bits per heavy atom. The van der Waals surface area contributed by atoms with Gasteiger partial charge in [0, 0.05) is 36.4 Å². The van der Waals surface area contributed by atoms with E-state index in [2.05, 4.69) is 105 Å². The van der Waals surface area contributed by atoms with E-state index in [1.54, 1.807) is 0 Å². The van der Waals surface area contributed by atoms with Crippen molar-refractivity contribution in [2.45, 2.75) is 0 Å². The molecule has 0 bridgehead atoms. The Morgan fingerprint density at radius 1 is 0.704 bits per heavy atom. The number of para-hydroxylation sites is 2. The number of thiophene rings is 1. The van der Waals surface area contributed by atoms with Crippen LogP contribution < -0.4 is 0 Å². The zero-order valence-corrected chi connectivity index (χ0v) is 16.7. The van der Waals surface area contributed by atoms with Crippen molar-refractivity contribution in [3.63, 3.8) is 0 Å². The quantitative estimate of drug-likeness (QED) is 0.251. The standard InChI is InChI=1S/C24H14BrNS/c25-19-14-18-16-10-5-7-13-21(16)27-24(18)23-22(19)17-11-4-6-12-20(17)26(23)15-8-2-1-3-9-15/h1-14H. The molecule has 27 heavy (non-hydrogen) atoms. The highest BCUT2D eigenvalue weighted by Gasteiger charge is 2.19. The fourth-order valence-corrected chi connectivity index (χ4v) is 5.98. The van der Waals surface area contributed by atoms with E-state index in [1.807, 2.05) is 11.3 Å². The van der Waals surface area contributed by atoms with E-state index in [0.717, 1.165) is 4.47 Å². The minimum Gasteiger partial charge on any atom is -0.308 e. The number of fused-ring (bicyclic) bond motifs is 7. The van der Waals surface area contributed by atoms with Crippen LogP contribution in [0, 0.1) is 0 Å². The molecule has 0 aliphatic rings. The lowest BCUT2D eigenvalue weighted by atomic mass is 10.1. The Balaban J connectivity index is 1.96. The van der Waals surface area contributed by atoms with Gasteiger partial charge in [0.05, 0.1) is 15.7 Å². The van der Waals surface area contributed by atoms with Gasteiger partial charge in [0.25, 0.3) is 0 Å². The van der Waals surface area contributed by atoms with E-state index in [-0.39, 0.29) is 0 Å². The molecule has 3 heteroatoms. The highest BCUT2D eigenvalue weighted by Crippen LogP contribution is 2.45. The summed E-state index contributed by atoms with van der Waals surface area (Å²) in [6.07, 6.45) is 0. The summed E-state index contributed by atoms with van der Waals surface area (Å²) in [4.78, 5) is 0. The van der Waals surface area contributed by atoms with Crippen LogP contribution in [0.5, 0.6) is 0 Å². The molecule has 2 aromatic heterocycles. The van der Waals surface area contributed by atoms with Crippen LogP contribution in [0.3, 0.4) is 0 Å². The topological polar surface area (TPSA) is 4.93 Å². The monoisotopic (exact) mass is 427 g/mol. The summed E-state index contributed by atoms with van der Waals surface area (Å²) in [6, 6.07) is 30.3. The van der Waals surface area contributed by atoms with Crippen molar-refractivity contribution in [1.29, 1.82) is 0 Å². The first kappa shape index (κ1) is 15.4. The molecule has 4 aromatic carbocycles. The summed E-state index contributed by atoms with van der Waals surface area (Å²) in [6.45, 7) is 0. The first-order valence-electron chi connectivity index (χ1n) is 8.91. The summed E-state index contributed by atoms with van der Waals surface area (Å²) in [5.41, 5.74) is 3.72. The van der Waals surface area contributed by atoms with E-state index >= 15 is 0 Å². The number of rotatable bonds is 1. The highest BCUT2D eigenvalue weighted by atomic mass is 79.9. The van der Waals surface area contributed by atoms with Gasteiger partial charge in [-0.3, -0.25) is 0 Å². The molecule has 2 heterocycles. The van der Waals surface area contributed by atoms with Crippen LogP contribution in [0.25, 0.3) is 47.7 Å². The molecular weight excluding hydrogens is 414 g/mol. The summed E-state index contributed by atoms with van der Waals surface area (Å²) in [5.74, 6) is 0. The van der Waals surface area contributed by atoms with Gasteiger partial charge in [-0.25, -0.2) is 0 Å². The van der Waals surface area contributed by atoms with Crippen LogP contribution in [-0.4, -0.2) is 4.57 Å². The second kappa shape index (κ2) is 5.69. The maximum Gasteiger partial charge on any atom is 0.0731 e. The van der Waals surface area contributed by atoms with Gasteiger partial charge in [0.1, 0.15) is 0 Å². The van der Waals surface area contributed by atoms with Crippen LogP contribution in [0.2, 0.25) is 0 Å². The third-order valence-corrected chi connectivity index (χ3v) is 7.07. The van der Waals surface area contributed by atoms with Gasteiger partial charge < -0.3 is 4.57 Å². The molecule has 6 aromatic rings. The second-order valence-corrected chi connectivity index (χ2v) is 8.65. The van der Waals surface area contributed by atoms with E-state index in [0.29, 0.717) is 0 Å². The number of halogens is 1. The first-order chi connectivity index (χ1) is 13.3. The molecule has 6 rings (SSSR count). The Kier molecular flexibility index (Phi) is 3.25. The van der Waals surface area contributed by atoms with Gasteiger partial charge in [-0.1, -0.05) is 70.5 Å². The van der Waals surface area contributed by atoms with E-state index < -0.39 is 0 Å².